The van der Waals surface area contributed by atoms with Crippen molar-refractivity contribution in [2.24, 2.45) is 5.92 Å². The lowest BCUT2D eigenvalue weighted by molar-refractivity contribution is 0.0667. The quantitative estimate of drug-likeness (QED) is 0.874. The first-order chi connectivity index (χ1) is 10.4. The van der Waals surface area contributed by atoms with E-state index >= 15 is 0 Å². The summed E-state index contributed by atoms with van der Waals surface area (Å²) in [4.78, 5) is 20.0. The molecule has 2 heterocycles. The van der Waals surface area contributed by atoms with E-state index in [2.05, 4.69) is 24.1 Å². The first-order valence-corrected chi connectivity index (χ1v) is 8.81. The van der Waals surface area contributed by atoms with Crippen molar-refractivity contribution in [2.45, 2.75) is 58.5 Å². The number of carbonyl (C=O) groups excluding carboxylic acids is 1. The number of thiazole rings is 1. The van der Waals surface area contributed by atoms with Crippen molar-refractivity contribution in [1.29, 1.82) is 0 Å². The minimum Gasteiger partial charge on any atom is -0.394 e. The number of nitrogens with zero attached hydrogens (tertiary/aromatic N) is 2. The van der Waals surface area contributed by atoms with E-state index in [1.807, 2.05) is 24.9 Å². The summed E-state index contributed by atoms with van der Waals surface area (Å²) in [6, 6.07) is -0.199. The molecule has 0 saturated carbocycles. The van der Waals surface area contributed by atoms with Gasteiger partial charge in [0, 0.05) is 17.6 Å². The van der Waals surface area contributed by atoms with Gasteiger partial charge in [-0.2, -0.15) is 0 Å². The summed E-state index contributed by atoms with van der Waals surface area (Å²) >= 11 is 1.60. The Bertz CT molecular complexity index is 517. The van der Waals surface area contributed by atoms with Gasteiger partial charge in [-0.05, 0) is 39.0 Å². The van der Waals surface area contributed by atoms with Crippen LogP contribution in [0.1, 0.15) is 56.0 Å². The van der Waals surface area contributed by atoms with Crippen LogP contribution >= 0.6 is 11.3 Å². The van der Waals surface area contributed by atoms with Gasteiger partial charge >= 0.3 is 6.03 Å². The van der Waals surface area contributed by atoms with E-state index in [1.54, 1.807) is 11.3 Å². The van der Waals surface area contributed by atoms with Crippen molar-refractivity contribution >= 4 is 17.4 Å². The number of likely N-dealkylation sites (tertiary alicyclic amines) is 1. The number of aryl methyl sites for hydroxylation is 1. The lowest BCUT2D eigenvalue weighted by atomic mass is 9.87. The molecule has 5 nitrogen and oxygen atoms in total. The number of rotatable bonds is 5. The van der Waals surface area contributed by atoms with Crippen molar-refractivity contribution < 1.29 is 9.90 Å². The molecule has 0 bridgehead atoms. The van der Waals surface area contributed by atoms with Gasteiger partial charge in [0.15, 0.2) is 0 Å². The van der Waals surface area contributed by atoms with Gasteiger partial charge in [0.2, 0.25) is 0 Å². The van der Waals surface area contributed by atoms with Gasteiger partial charge in [-0.1, -0.05) is 13.8 Å². The number of amides is 2. The van der Waals surface area contributed by atoms with Gasteiger partial charge in [0.1, 0.15) is 5.01 Å². The Labute approximate surface area is 136 Å². The second-order valence-electron chi connectivity index (χ2n) is 6.72. The predicted molar refractivity (Wildman–Crippen MR) is 89.0 cm³/mol. The van der Waals surface area contributed by atoms with Gasteiger partial charge in [-0.3, -0.25) is 0 Å². The number of hydrogen-bond donors (Lipinski definition) is 2. The summed E-state index contributed by atoms with van der Waals surface area (Å²) in [5.74, 6) is 0.444. The average Bonchev–Trinajstić information content (AvgIpc) is 3.05. The summed E-state index contributed by atoms with van der Waals surface area (Å²) in [6.07, 6.45) is 4.49. The minimum atomic E-state index is -0.406. The Morgan fingerprint density at radius 1 is 1.55 bits per heavy atom. The van der Waals surface area contributed by atoms with E-state index < -0.39 is 5.54 Å². The molecule has 2 rings (SSSR count). The molecule has 2 N–H and O–H groups in total. The van der Waals surface area contributed by atoms with Crippen molar-refractivity contribution in [3.63, 3.8) is 0 Å². The second kappa shape index (κ2) is 6.96. The number of aliphatic hydroxyl groups excluding tert-OH is 1. The molecular formula is C16H27N3O2S. The molecule has 1 fully saturated rings. The van der Waals surface area contributed by atoms with Crippen LogP contribution in [0.15, 0.2) is 6.20 Å². The lowest BCUT2D eigenvalue weighted by Gasteiger charge is -2.38. The lowest BCUT2D eigenvalue weighted by Crippen LogP contribution is -2.54. The minimum absolute atomic E-state index is 0.0311. The third-order valence-corrected chi connectivity index (χ3v) is 5.37. The zero-order valence-corrected chi connectivity index (χ0v) is 14.7. The summed E-state index contributed by atoms with van der Waals surface area (Å²) in [6.45, 7) is 8.97. The van der Waals surface area contributed by atoms with Gasteiger partial charge in [0.05, 0.1) is 18.2 Å². The molecule has 1 aromatic rings. The standard InChI is InChI=1S/C16H27N3O2S/c1-11(2)8-16(10-20)6-5-7-19(16)15(21)18-13(4)14-17-9-12(3)22-14/h9,11,13,20H,5-8,10H2,1-4H3,(H,18,21)/t13-,16-/m0/s1. The smallest absolute Gasteiger partial charge is 0.318 e. The maximum absolute atomic E-state index is 12.7. The molecule has 1 aliphatic heterocycles. The zero-order chi connectivity index (χ0) is 16.3. The highest BCUT2D eigenvalue weighted by atomic mass is 32.1. The van der Waals surface area contributed by atoms with Gasteiger partial charge < -0.3 is 15.3 Å². The van der Waals surface area contributed by atoms with Crippen LogP contribution in [0.5, 0.6) is 0 Å². The Hall–Kier alpha value is -1.14. The van der Waals surface area contributed by atoms with E-state index in [0.717, 1.165) is 29.1 Å². The fourth-order valence-electron chi connectivity index (χ4n) is 3.35. The Morgan fingerprint density at radius 2 is 2.27 bits per heavy atom. The first-order valence-electron chi connectivity index (χ1n) is 7.99. The summed E-state index contributed by atoms with van der Waals surface area (Å²) in [5.41, 5.74) is -0.406. The molecule has 2 atom stereocenters. The molecular weight excluding hydrogens is 298 g/mol. The van der Waals surface area contributed by atoms with Crippen molar-refractivity contribution in [2.75, 3.05) is 13.2 Å². The summed E-state index contributed by atoms with van der Waals surface area (Å²) in [7, 11) is 0. The molecule has 0 aliphatic carbocycles. The number of hydrogen-bond acceptors (Lipinski definition) is 4. The number of aromatic nitrogens is 1. The fraction of sp³-hybridized carbons (Fsp3) is 0.750. The molecule has 22 heavy (non-hydrogen) atoms. The topological polar surface area (TPSA) is 65.5 Å². The second-order valence-corrected chi connectivity index (χ2v) is 7.98. The van der Waals surface area contributed by atoms with Crippen LogP contribution in [0, 0.1) is 12.8 Å². The molecule has 0 radical (unpaired) electrons. The van der Waals surface area contributed by atoms with Crippen LogP contribution < -0.4 is 5.32 Å². The summed E-state index contributed by atoms with van der Waals surface area (Å²) in [5, 5.41) is 13.9. The van der Waals surface area contributed by atoms with Gasteiger partial charge in [-0.25, -0.2) is 9.78 Å². The normalized spacial score (nSPS) is 23.1. The van der Waals surface area contributed by atoms with Crippen LogP contribution in [0.2, 0.25) is 0 Å². The van der Waals surface area contributed by atoms with Gasteiger partial charge in [0.25, 0.3) is 0 Å². The predicted octanol–water partition coefficient (Wildman–Crippen LogP) is 3.10. The van der Waals surface area contributed by atoms with E-state index in [4.69, 9.17) is 0 Å². The van der Waals surface area contributed by atoms with E-state index in [9.17, 15) is 9.90 Å². The molecule has 0 unspecified atom stereocenters. The van der Waals surface area contributed by atoms with Gasteiger partial charge in [-0.15, -0.1) is 11.3 Å². The highest BCUT2D eigenvalue weighted by molar-refractivity contribution is 7.11. The Morgan fingerprint density at radius 3 is 2.82 bits per heavy atom. The third-order valence-electron chi connectivity index (χ3n) is 4.27. The van der Waals surface area contributed by atoms with Crippen molar-refractivity contribution in [3.05, 3.63) is 16.1 Å². The third kappa shape index (κ3) is 3.60. The first kappa shape index (κ1) is 17.2. The fourth-order valence-corrected chi connectivity index (χ4v) is 4.13. The van der Waals surface area contributed by atoms with E-state index in [-0.39, 0.29) is 18.7 Å². The van der Waals surface area contributed by atoms with Crippen LogP contribution in [0.25, 0.3) is 0 Å². The molecule has 6 heteroatoms. The molecule has 0 aromatic carbocycles. The largest absolute Gasteiger partial charge is 0.394 e. The number of nitrogens with one attached hydrogen (secondary N) is 1. The zero-order valence-electron chi connectivity index (χ0n) is 13.9. The monoisotopic (exact) mass is 325 g/mol. The SMILES string of the molecule is Cc1cnc([C@H](C)NC(=O)N2CCC[C@@]2(CO)CC(C)C)s1. The maximum atomic E-state index is 12.7. The number of carbonyl (C=O) groups is 1. The van der Waals surface area contributed by atoms with Crippen LogP contribution in [0.3, 0.4) is 0 Å². The summed E-state index contributed by atoms with van der Waals surface area (Å²) < 4.78 is 0. The highest BCUT2D eigenvalue weighted by Crippen LogP contribution is 2.35. The van der Waals surface area contributed by atoms with Crippen LogP contribution in [-0.4, -0.2) is 39.7 Å². The van der Waals surface area contributed by atoms with E-state index in [0.29, 0.717) is 12.5 Å². The molecule has 2 amide bonds. The Kier molecular flexibility index (Phi) is 5.45. The van der Waals surface area contributed by atoms with Crippen molar-refractivity contribution in [3.8, 4) is 0 Å². The average molecular weight is 325 g/mol. The highest BCUT2D eigenvalue weighted by Gasteiger charge is 2.43. The Balaban J connectivity index is 2.07. The number of urea groups is 1. The van der Waals surface area contributed by atoms with Crippen molar-refractivity contribution in [1.82, 2.24) is 15.2 Å². The van der Waals surface area contributed by atoms with Crippen LogP contribution in [-0.2, 0) is 0 Å². The number of aliphatic hydroxyl groups is 1. The van der Waals surface area contributed by atoms with E-state index in [1.165, 1.54) is 0 Å². The molecule has 1 aliphatic rings. The molecule has 1 aromatic heterocycles. The molecule has 1 saturated heterocycles. The molecule has 0 spiro atoms. The maximum Gasteiger partial charge on any atom is 0.318 e. The molecule has 124 valence electrons. The van der Waals surface area contributed by atoms with Crippen LogP contribution in [0.4, 0.5) is 4.79 Å².